The maximum atomic E-state index is 7.31. The van der Waals surface area contributed by atoms with Crippen LogP contribution in [0, 0.1) is 5.41 Å². The van der Waals surface area contributed by atoms with Crippen LogP contribution in [0.5, 0.6) is 0 Å². The maximum absolute atomic E-state index is 7.31. The number of anilines is 1. The molecule has 0 amide bonds. The highest BCUT2D eigenvalue weighted by Crippen LogP contribution is 2.24. The zero-order valence-electron chi connectivity index (χ0n) is 12.8. The quantitative estimate of drug-likeness (QED) is 0.649. The van der Waals surface area contributed by atoms with Crippen molar-refractivity contribution < 1.29 is 0 Å². The molecule has 5 heteroatoms. The number of piperazine rings is 1. The van der Waals surface area contributed by atoms with E-state index in [0.717, 1.165) is 31.1 Å². The van der Waals surface area contributed by atoms with Crippen molar-refractivity contribution in [2.75, 3.05) is 24.5 Å². The summed E-state index contributed by atoms with van der Waals surface area (Å²) in [5.41, 5.74) is 6.67. The summed E-state index contributed by atoms with van der Waals surface area (Å²) in [4.78, 5) is 4.95. The summed E-state index contributed by atoms with van der Waals surface area (Å²) in [5.74, 6) is 0.287. The lowest BCUT2D eigenvalue weighted by Gasteiger charge is -2.45. The predicted molar refractivity (Wildman–Crippen MR) is 90.4 cm³/mol. The Morgan fingerprint density at radius 2 is 1.81 bits per heavy atom. The molecule has 4 nitrogen and oxygen atoms in total. The topological polar surface area (TPSA) is 56.4 Å². The minimum atomic E-state index is 0.287. The average molecular weight is 309 g/mol. The molecule has 21 heavy (non-hydrogen) atoms. The lowest BCUT2D eigenvalue weighted by molar-refractivity contribution is 0.131. The van der Waals surface area contributed by atoms with E-state index in [1.807, 2.05) is 12.1 Å². The van der Waals surface area contributed by atoms with E-state index >= 15 is 0 Å². The van der Waals surface area contributed by atoms with Gasteiger partial charge in [0.15, 0.2) is 0 Å². The van der Waals surface area contributed by atoms with Gasteiger partial charge in [0.1, 0.15) is 0 Å². The smallest absolute Gasteiger partial charge is 0.0905 e. The van der Waals surface area contributed by atoms with Crippen molar-refractivity contribution in [2.24, 2.45) is 5.73 Å². The highest BCUT2D eigenvalue weighted by Gasteiger charge is 2.28. The number of nitrogens with zero attached hydrogens (tertiary/aromatic N) is 2. The third-order valence-electron chi connectivity index (χ3n) is 4.16. The molecule has 0 bridgehead atoms. The Balaban J connectivity index is 1.94. The van der Waals surface area contributed by atoms with Crippen LogP contribution in [0.3, 0.4) is 0 Å². The van der Waals surface area contributed by atoms with Gasteiger partial charge in [-0.2, -0.15) is 0 Å². The minimum Gasteiger partial charge on any atom is -0.388 e. The minimum absolute atomic E-state index is 0.287. The summed E-state index contributed by atoms with van der Waals surface area (Å²) in [5, 5.41) is 8.09. The second-order valence-electron chi connectivity index (χ2n) is 5.95. The highest BCUT2D eigenvalue weighted by atomic mass is 35.5. The first-order valence-corrected chi connectivity index (χ1v) is 7.94. The van der Waals surface area contributed by atoms with Crippen molar-refractivity contribution in [1.82, 2.24) is 4.90 Å². The average Bonchev–Trinajstić information content (AvgIpc) is 2.42. The number of hydrogen-bond donors (Lipinski definition) is 2. The molecule has 0 radical (unpaired) electrons. The molecule has 2 atom stereocenters. The molecule has 0 saturated carbocycles. The number of nitrogens with one attached hydrogen (secondary N) is 1. The van der Waals surface area contributed by atoms with E-state index in [1.54, 1.807) is 0 Å². The Kier molecular flexibility index (Phi) is 5.48. The fourth-order valence-electron chi connectivity index (χ4n) is 3.11. The summed E-state index contributed by atoms with van der Waals surface area (Å²) >= 11 is 5.96. The number of halogens is 1. The molecule has 3 N–H and O–H groups in total. The molecule has 1 fully saturated rings. The summed E-state index contributed by atoms with van der Waals surface area (Å²) in [6, 6.07) is 9.07. The number of hydrogen-bond acceptors (Lipinski definition) is 3. The van der Waals surface area contributed by atoms with E-state index in [2.05, 4.69) is 35.8 Å². The molecule has 1 aromatic carbocycles. The lowest BCUT2D eigenvalue weighted by Crippen LogP contribution is -2.57. The second-order valence-corrected chi connectivity index (χ2v) is 6.38. The predicted octanol–water partition coefficient (Wildman–Crippen LogP) is 2.96. The van der Waals surface area contributed by atoms with Gasteiger partial charge >= 0.3 is 0 Å². The molecule has 0 spiro atoms. The first kappa shape index (κ1) is 16.1. The molecule has 0 aromatic heterocycles. The Labute approximate surface area is 132 Å². The van der Waals surface area contributed by atoms with E-state index in [9.17, 15) is 0 Å². The maximum Gasteiger partial charge on any atom is 0.0905 e. The van der Waals surface area contributed by atoms with E-state index < -0.39 is 0 Å². The van der Waals surface area contributed by atoms with Gasteiger partial charge in [0.05, 0.1) is 5.84 Å². The number of rotatable bonds is 5. The standard InChI is InChI=1S/C16H25ClN4/c1-12-10-20(15-7-5-14(17)6-8-15)11-13(2)21(12)9-3-4-16(18)19/h5-8,12-13H,3-4,9-11H2,1-2H3,(H3,18,19)/t12-,13-/m0/s1. The van der Waals surface area contributed by atoms with E-state index in [-0.39, 0.29) is 5.84 Å². The van der Waals surface area contributed by atoms with Crippen LogP contribution in [-0.4, -0.2) is 42.5 Å². The Morgan fingerprint density at radius 3 is 2.33 bits per heavy atom. The number of benzene rings is 1. The third-order valence-corrected chi connectivity index (χ3v) is 4.41. The van der Waals surface area contributed by atoms with Crippen molar-refractivity contribution in [3.63, 3.8) is 0 Å². The van der Waals surface area contributed by atoms with Crippen LogP contribution in [0.1, 0.15) is 26.7 Å². The van der Waals surface area contributed by atoms with Gasteiger partial charge in [-0.15, -0.1) is 0 Å². The number of nitrogens with two attached hydrogens (primary N) is 1. The zero-order valence-corrected chi connectivity index (χ0v) is 13.6. The summed E-state index contributed by atoms with van der Waals surface area (Å²) in [6.45, 7) is 7.59. The van der Waals surface area contributed by atoms with E-state index in [0.29, 0.717) is 18.5 Å². The van der Waals surface area contributed by atoms with Gasteiger partial charge in [-0.1, -0.05) is 11.6 Å². The molecule has 0 aliphatic carbocycles. The fourth-order valence-corrected chi connectivity index (χ4v) is 3.24. The van der Waals surface area contributed by atoms with Crippen LogP contribution in [-0.2, 0) is 0 Å². The Bertz CT molecular complexity index is 462. The molecule has 1 aromatic rings. The van der Waals surface area contributed by atoms with Gasteiger partial charge in [-0.25, -0.2) is 0 Å². The Morgan fingerprint density at radius 1 is 1.24 bits per heavy atom. The monoisotopic (exact) mass is 308 g/mol. The van der Waals surface area contributed by atoms with Gasteiger partial charge in [-0.3, -0.25) is 10.3 Å². The van der Waals surface area contributed by atoms with Gasteiger partial charge in [0.2, 0.25) is 0 Å². The summed E-state index contributed by atoms with van der Waals surface area (Å²) < 4.78 is 0. The van der Waals surface area contributed by atoms with Crippen molar-refractivity contribution in [2.45, 2.75) is 38.8 Å². The molecule has 0 unspecified atom stereocenters. The lowest BCUT2D eigenvalue weighted by atomic mass is 10.1. The highest BCUT2D eigenvalue weighted by molar-refractivity contribution is 6.30. The SMILES string of the molecule is C[C@H]1CN(c2ccc(Cl)cc2)C[C@H](C)N1CCCC(=N)N. The van der Waals surface area contributed by atoms with E-state index in [1.165, 1.54) is 5.69 Å². The van der Waals surface area contributed by atoms with Gasteiger partial charge in [0.25, 0.3) is 0 Å². The largest absolute Gasteiger partial charge is 0.388 e. The Hall–Kier alpha value is -1.26. The van der Waals surface area contributed by atoms with Crippen LogP contribution < -0.4 is 10.6 Å². The van der Waals surface area contributed by atoms with Crippen LogP contribution in [0.15, 0.2) is 24.3 Å². The molecule has 1 saturated heterocycles. The first-order chi connectivity index (χ1) is 9.97. The molecular formula is C16H25ClN4. The van der Waals surface area contributed by atoms with Crippen LogP contribution in [0.2, 0.25) is 5.02 Å². The van der Waals surface area contributed by atoms with E-state index in [4.69, 9.17) is 22.7 Å². The molecular weight excluding hydrogens is 284 g/mol. The third kappa shape index (κ3) is 4.35. The number of amidine groups is 1. The van der Waals surface area contributed by atoms with Crippen molar-refractivity contribution >= 4 is 23.1 Å². The normalized spacial score (nSPS) is 23.3. The molecule has 116 valence electrons. The summed E-state index contributed by atoms with van der Waals surface area (Å²) in [7, 11) is 0. The van der Waals surface area contributed by atoms with Crippen molar-refractivity contribution in [3.05, 3.63) is 29.3 Å². The van der Waals surface area contributed by atoms with Gasteiger partial charge in [-0.05, 0) is 51.1 Å². The van der Waals surface area contributed by atoms with Crippen LogP contribution in [0.4, 0.5) is 5.69 Å². The van der Waals surface area contributed by atoms with Crippen LogP contribution >= 0.6 is 11.6 Å². The van der Waals surface area contributed by atoms with Gasteiger partial charge in [0, 0.05) is 42.3 Å². The summed E-state index contributed by atoms with van der Waals surface area (Å²) in [6.07, 6.45) is 1.65. The van der Waals surface area contributed by atoms with Crippen LogP contribution in [0.25, 0.3) is 0 Å². The van der Waals surface area contributed by atoms with Crippen molar-refractivity contribution in [3.8, 4) is 0 Å². The molecule has 1 aliphatic rings. The fraction of sp³-hybridized carbons (Fsp3) is 0.562. The molecule has 1 heterocycles. The first-order valence-electron chi connectivity index (χ1n) is 7.56. The molecule has 1 aliphatic heterocycles. The van der Waals surface area contributed by atoms with Gasteiger partial charge < -0.3 is 10.6 Å². The second kappa shape index (κ2) is 7.14. The zero-order chi connectivity index (χ0) is 15.4. The van der Waals surface area contributed by atoms with Crippen molar-refractivity contribution in [1.29, 1.82) is 5.41 Å². The molecule has 2 rings (SSSR count).